The molecule has 0 unspecified atom stereocenters. The first kappa shape index (κ1) is 15.0. The van der Waals surface area contributed by atoms with Gasteiger partial charge < -0.3 is 5.73 Å². The fraction of sp³-hybridized carbons (Fsp3) is 0.727. The number of rotatable bonds is 7. The van der Waals surface area contributed by atoms with Crippen molar-refractivity contribution in [3.05, 3.63) is 6.20 Å². The van der Waals surface area contributed by atoms with Crippen LogP contribution in [0.4, 0.5) is 5.82 Å². The van der Waals surface area contributed by atoms with E-state index in [1.54, 1.807) is 0 Å². The first-order chi connectivity index (χ1) is 8.47. The largest absolute Gasteiger partial charge is 0.383 e. The van der Waals surface area contributed by atoms with Crippen molar-refractivity contribution in [2.75, 3.05) is 18.8 Å². The summed E-state index contributed by atoms with van der Waals surface area (Å²) in [6, 6.07) is 0. The molecule has 0 bridgehead atoms. The number of hydrogen-bond donors (Lipinski definition) is 2. The highest BCUT2D eigenvalue weighted by Crippen LogP contribution is 2.22. The van der Waals surface area contributed by atoms with E-state index in [2.05, 4.69) is 24.0 Å². The number of nitrogen functional groups attached to an aromatic ring is 1. The van der Waals surface area contributed by atoms with Crippen molar-refractivity contribution < 1.29 is 8.42 Å². The summed E-state index contributed by atoms with van der Waals surface area (Å²) in [6.45, 7) is 6.93. The standard InChI is InChI=1S/C11H22N4O2S/c1-4-9(5-2)8-15(6-3)18(16,17)10-7-13-14-11(10)12/h7,9H,4-6,8H2,1-3H3,(H3,12,13,14). The Morgan fingerprint density at radius 2 is 2.00 bits per heavy atom. The first-order valence-corrected chi connectivity index (χ1v) is 7.70. The number of anilines is 1. The highest BCUT2D eigenvalue weighted by atomic mass is 32.2. The number of nitrogens with zero attached hydrogens (tertiary/aromatic N) is 2. The molecule has 3 N–H and O–H groups in total. The second-order valence-electron chi connectivity index (χ2n) is 4.29. The van der Waals surface area contributed by atoms with Crippen LogP contribution in [0.3, 0.4) is 0 Å². The van der Waals surface area contributed by atoms with Gasteiger partial charge in [0.05, 0.1) is 6.20 Å². The van der Waals surface area contributed by atoms with Gasteiger partial charge in [0.25, 0.3) is 0 Å². The predicted octanol–water partition coefficient (Wildman–Crippen LogP) is 1.44. The summed E-state index contributed by atoms with van der Waals surface area (Å²) in [5.74, 6) is 0.464. The molecule has 0 aliphatic heterocycles. The third-order valence-corrected chi connectivity index (χ3v) is 5.19. The fourth-order valence-electron chi connectivity index (χ4n) is 1.86. The molecule has 18 heavy (non-hydrogen) atoms. The van der Waals surface area contributed by atoms with E-state index in [-0.39, 0.29) is 10.7 Å². The Hall–Kier alpha value is -1.08. The van der Waals surface area contributed by atoms with Crippen LogP contribution in [-0.2, 0) is 10.0 Å². The van der Waals surface area contributed by atoms with E-state index in [0.29, 0.717) is 19.0 Å². The number of nitrogens with two attached hydrogens (primary N) is 1. The minimum absolute atomic E-state index is 0.0651. The molecule has 1 aromatic rings. The molecule has 6 nitrogen and oxygen atoms in total. The molecular weight excluding hydrogens is 252 g/mol. The van der Waals surface area contributed by atoms with E-state index in [1.807, 2.05) is 6.92 Å². The van der Waals surface area contributed by atoms with E-state index >= 15 is 0 Å². The molecule has 0 radical (unpaired) electrons. The molecule has 0 aliphatic carbocycles. The van der Waals surface area contributed by atoms with Gasteiger partial charge in [0, 0.05) is 13.1 Å². The van der Waals surface area contributed by atoms with Crippen LogP contribution >= 0.6 is 0 Å². The second kappa shape index (κ2) is 6.19. The quantitative estimate of drug-likeness (QED) is 0.787. The van der Waals surface area contributed by atoms with Gasteiger partial charge in [-0.1, -0.05) is 33.6 Å². The zero-order chi connectivity index (χ0) is 13.8. The van der Waals surface area contributed by atoms with Crippen molar-refractivity contribution >= 4 is 15.8 Å². The molecule has 104 valence electrons. The molecule has 1 rings (SSSR count). The van der Waals surface area contributed by atoms with Gasteiger partial charge in [-0.2, -0.15) is 9.40 Å². The van der Waals surface area contributed by atoms with Crippen molar-refractivity contribution in [2.45, 2.75) is 38.5 Å². The van der Waals surface area contributed by atoms with E-state index < -0.39 is 10.0 Å². The van der Waals surface area contributed by atoms with Crippen molar-refractivity contribution in [3.63, 3.8) is 0 Å². The molecular formula is C11H22N4O2S. The second-order valence-corrected chi connectivity index (χ2v) is 6.19. The van der Waals surface area contributed by atoms with Crippen molar-refractivity contribution in [2.24, 2.45) is 5.92 Å². The van der Waals surface area contributed by atoms with E-state index in [0.717, 1.165) is 12.8 Å². The molecule has 0 saturated carbocycles. The lowest BCUT2D eigenvalue weighted by Crippen LogP contribution is -2.35. The summed E-state index contributed by atoms with van der Waals surface area (Å²) < 4.78 is 26.3. The lowest BCUT2D eigenvalue weighted by atomic mass is 10.0. The lowest BCUT2D eigenvalue weighted by Gasteiger charge is -2.24. The highest BCUT2D eigenvalue weighted by molar-refractivity contribution is 7.89. The molecule has 0 fully saturated rings. The van der Waals surface area contributed by atoms with Crippen molar-refractivity contribution in [1.82, 2.24) is 14.5 Å². The Labute approximate surface area is 109 Å². The molecule has 0 aromatic carbocycles. The summed E-state index contributed by atoms with van der Waals surface area (Å²) >= 11 is 0. The monoisotopic (exact) mass is 274 g/mol. The zero-order valence-corrected chi connectivity index (χ0v) is 12.0. The number of aromatic amines is 1. The summed E-state index contributed by atoms with van der Waals surface area (Å²) in [5.41, 5.74) is 5.59. The first-order valence-electron chi connectivity index (χ1n) is 6.26. The van der Waals surface area contributed by atoms with Crippen LogP contribution in [0.5, 0.6) is 0 Å². The predicted molar refractivity (Wildman–Crippen MR) is 71.5 cm³/mol. The van der Waals surface area contributed by atoms with Gasteiger partial charge in [-0.25, -0.2) is 8.42 Å². The molecule has 0 atom stereocenters. The third kappa shape index (κ3) is 3.02. The Morgan fingerprint density at radius 1 is 1.39 bits per heavy atom. The van der Waals surface area contributed by atoms with Crippen LogP contribution in [0.15, 0.2) is 11.1 Å². The number of sulfonamides is 1. The van der Waals surface area contributed by atoms with Crippen LogP contribution in [0.25, 0.3) is 0 Å². The Kier molecular flexibility index (Phi) is 5.15. The van der Waals surface area contributed by atoms with Gasteiger partial charge in [0.15, 0.2) is 0 Å². The number of hydrogen-bond acceptors (Lipinski definition) is 4. The van der Waals surface area contributed by atoms with E-state index in [1.165, 1.54) is 10.5 Å². The molecule has 7 heteroatoms. The fourth-order valence-corrected chi connectivity index (χ4v) is 3.40. The summed E-state index contributed by atoms with van der Waals surface area (Å²) in [4.78, 5) is 0.0651. The van der Waals surface area contributed by atoms with Gasteiger partial charge in [-0.3, -0.25) is 5.10 Å². The average Bonchev–Trinajstić information content (AvgIpc) is 2.77. The summed E-state index contributed by atoms with van der Waals surface area (Å²) in [6.07, 6.45) is 3.19. The topological polar surface area (TPSA) is 92.1 Å². The van der Waals surface area contributed by atoms with Crippen LogP contribution in [0.1, 0.15) is 33.6 Å². The van der Waals surface area contributed by atoms with Crippen molar-refractivity contribution in [3.8, 4) is 0 Å². The van der Waals surface area contributed by atoms with Gasteiger partial charge in [-0.15, -0.1) is 0 Å². The number of H-pyrrole nitrogens is 1. The molecule has 0 aliphatic rings. The van der Waals surface area contributed by atoms with Gasteiger partial charge in [0.2, 0.25) is 10.0 Å². The molecule has 1 heterocycles. The Balaban J connectivity index is 2.98. The molecule has 0 amide bonds. The smallest absolute Gasteiger partial charge is 0.248 e. The van der Waals surface area contributed by atoms with Crippen LogP contribution in [-0.4, -0.2) is 36.0 Å². The summed E-state index contributed by atoms with van der Waals surface area (Å²) in [5, 5.41) is 6.13. The molecule has 0 saturated heterocycles. The third-order valence-electron chi connectivity index (χ3n) is 3.22. The number of aromatic nitrogens is 2. The molecule has 0 spiro atoms. The Bertz CT molecular complexity index is 465. The SMILES string of the molecule is CCC(CC)CN(CC)S(=O)(=O)c1cn[nH]c1N. The van der Waals surface area contributed by atoms with Crippen molar-refractivity contribution in [1.29, 1.82) is 0 Å². The minimum atomic E-state index is -3.54. The maximum Gasteiger partial charge on any atom is 0.248 e. The normalized spacial score (nSPS) is 12.5. The maximum atomic E-state index is 12.4. The van der Waals surface area contributed by atoms with Gasteiger partial charge in [0.1, 0.15) is 10.7 Å². The van der Waals surface area contributed by atoms with Gasteiger partial charge >= 0.3 is 0 Å². The summed E-state index contributed by atoms with van der Waals surface area (Å²) in [7, 11) is -3.54. The van der Waals surface area contributed by atoms with E-state index in [4.69, 9.17) is 5.73 Å². The number of nitrogens with one attached hydrogen (secondary N) is 1. The van der Waals surface area contributed by atoms with Gasteiger partial charge in [-0.05, 0) is 5.92 Å². The maximum absolute atomic E-state index is 12.4. The highest BCUT2D eigenvalue weighted by Gasteiger charge is 2.28. The van der Waals surface area contributed by atoms with Crippen LogP contribution < -0.4 is 5.73 Å². The van der Waals surface area contributed by atoms with Crippen LogP contribution in [0.2, 0.25) is 0 Å². The Morgan fingerprint density at radius 3 is 2.39 bits per heavy atom. The van der Waals surface area contributed by atoms with E-state index in [9.17, 15) is 8.42 Å². The zero-order valence-electron chi connectivity index (χ0n) is 11.2. The molecule has 1 aromatic heterocycles. The average molecular weight is 274 g/mol. The lowest BCUT2D eigenvalue weighted by molar-refractivity contribution is 0.339. The minimum Gasteiger partial charge on any atom is -0.383 e. The van der Waals surface area contributed by atoms with Crippen LogP contribution in [0, 0.1) is 5.92 Å².